The van der Waals surface area contributed by atoms with E-state index in [-0.39, 0.29) is 22.4 Å². The Morgan fingerprint density at radius 1 is 1.40 bits per heavy atom. The molecule has 106 valence electrons. The Morgan fingerprint density at radius 2 is 2.05 bits per heavy atom. The molecule has 0 aliphatic heterocycles. The minimum absolute atomic E-state index is 0.106. The summed E-state index contributed by atoms with van der Waals surface area (Å²) in [6.07, 6.45) is 0.537. The summed E-state index contributed by atoms with van der Waals surface area (Å²) in [5, 5.41) is 8.99. The minimum Gasteiger partial charge on any atom is -0.381 e. The molecule has 0 radical (unpaired) electrons. The predicted molar refractivity (Wildman–Crippen MR) is 75.6 cm³/mol. The van der Waals surface area contributed by atoms with E-state index >= 15 is 0 Å². The summed E-state index contributed by atoms with van der Waals surface area (Å²) < 4.78 is 0. The lowest BCUT2D eigenvalue weighted by molar-refractivity contribution is 0.0949. The van der Waals surface area contributed by atoms with Crippen LogP contribution in [0, 0.1) is 13.8 Å². The van der Waals surface area contributed by atoms with Crippen LogP contribution in [0.3, 0.4) is 0 Å². The van der Waals surface area contributed by atoms with Crippen LogP contribution in [0.2, 0.25) is 5.02 Å². The first-order chi connectivity index (χ1) is 9.47. The summed E-state index contributed by atoms with van der Waals surface area (Å²) in [6.45, 7) is 4.21. The maximum atomic E-state index is 11.8. The molecule has 7 nitrogen and oxygen atoms in total. The second-order valence-corrected chi connectivity index (χ2v) is 4.75. The Hall–Kier alpha value is -2.15. The van der Waals surface area contributed by atoms with Gasteiger partial charge in [-0.25, -0.2) is 9.97 Å². The third-order valence-corrected chi connectivity index (χ3v) is 3.00. The lowest BCUT2D eigenvalue weighted by Gasteiger charge is -2.05. The van der Waals surface area contributed by atoms with Crippen molar-refractivity contribution in [1.29, 1.82) is 0 Å². The van der Waals surface area contributed by atoms with Gasteiger partial charge in [-0.3, -0.25) is 9.89 Å². The van der Waals surface area contributed by atoms with Crippen LogP contribution < -0.4 is 11.1 Å². The maximum Gasteiger partial charge on any atom is 0.270 e. The van der Waals surface area contributed by atoms with Crippen molar-refractivity contribution in [2.24, 2.45) is 0 Å². The summed E-state index contributed by atoms with van der Waals surface area (Å²) in [5.74, 6) is 0.441. The van der Waals surface area contributed by atoms with Crippen molar-refractivity contribution < 1.29 is 4.79 Å². The van der Waals surface area contributed by atoms with Gasteiger partial charge in [0, 0.05) is 24.4 Å². The van der Waals surface area contributed by atoms with Gasteiger partial charge in [0.1, 0.15) is 16.5 Å². The molecule has 0 bridgehead atoms. The number of H-pyrrole nitrogens is 1. The number of hydrogen-bond acceptors (Lipinski definition) is 5. The van der Waals surface area contributed by atoms with Gasteiger partial charge in [0.25, 0.3) is 5.91 Å². The van der Waals surface area contributed by atoms with Crippen LogP contribution in [0.25, 0.3) is 0 Å². The number of rotatable bonds is 4. The third kappa shape index (κ3) is 3.24. The van der Waals surface area contributed by atoms with Crippen LogP contribution in [0.1, 0.15) is 27.7 Å². The third-order valence-electron chi connectivity index (χ3n) is 2.62. The summed E-state index contributed by atoms with van der Waals surface area (Å²) in [7, 11) is 0. The topological polar surface area (TPSA) is 110 Å². The number of anilines is 1. The molecule has 4 N–H and O–H groups in total. The number of carbonyl (C=O) groups is 1. The smallest absolute Gasteiger partial charge is 0.270 e. The van der Waals surface area contributed by atoms with Crippen LogP contribution in [0.4, 0.5) is 5.82 Å². The van der Waals surface area contributed by atoms with E-state index in [1.165, 1.54) is 0 Å². The first-order valence-electron chi connectivity index (χ1n) is 6.06. The molecular formula is C12H15ClN6O. The second kappa shape index (κ2) is 5.87. The van der Waals surface area contributed by atoms with Crippen molar-refractivity contribution in [2.75, 3.05) is 12.3 Å². The number of nitrogens with zero attached hydrogens (tertiary/aromatic N) is 3. The number of aryl methyl sites for hydroxylation is 2. The van der Waals surface area contributed by atoms with E-state index in [2.05, 4.69) is 25.5 Å². The summed E-state index contributed by atoms with van der Waals surface area (Å²) in [6, 6.07) is 1.90. The summed E-state index contributed by atoms with van der Waals surface area (Å²) in [4.78, 5) is 20.4. The van der Waals surface area contributed by atoms with Crippen molar-refractivity contribution in [3.05, 3.63) is 34.0 Å². The van der Waals surface area contributed by atoms with Crippen molar-refractivity contribution in [1.82, 2.24) is 25.5 Å². The zero-order chi connectivity index (χ0) is 14.7. The molecule has 0 saturated carbocycles. The molecule has 2 rings (SSSR count). The number of carbonyl (C=O) groups excluding carboxylic acids is 1. The number of aromatic amines is 1. The molecule has 0 aliphatic rings. The molecule has 0 aliphatic carbocycles. The first-order valence-corrected chi connectivity index (χ1v) is 6.44. The molecule has 0 unspecified atom stereocenters. The fourth-order valence-corrected chi connectivity index (χ4v) is 1.95. The number of amides is 1. The maximum absolute atomic E-state index is 11.8. The van der Waals surface area contributed by atoms with Gasteiger partial charge in [0.2, 0.25) is 0 Å². The Kier molecular flexibility index (Phi) is 4.19. The molecular weight excluding hydrogens is 280 g/mol. The molecule has 1 amide bonds. The number of hydrogen-bond donors (Lipinski definition) is 3. The van der Waals surface area contributed by atoms with Crippen LogP contribution in [0.5, 0.6) is 0 Å². The summed E-state index contributed by atoms with van der Waals surface area (Å²) in [5.41, 5.74) is 7.43. The van der Waals surface area contributed by atoms with Crippen LogP contribution in [0.15, 0.2) is 6.07 Å². The number of nitrogen functional groups attached to an aromatic ring is 1. The van der Waals surface area contributed by atoms with Gasteiger partial charge in [0.05, 0.1) is 0 Å². The van der Waals surface area contributed by atoms with E-state index in [1.807, 2.05) is 19.9 Å². The van der Waals surface area contributed by atoms with Crippen LogP contribution >= 0.6 is 11.6 Å². The fourth-order valence-electron chi connectivity index (χ4n) is 1.78. The molecule has 0 atom stereocenters. The van der Waals surface area contributed by atoms with Crippen molar-refractivity contribution in [2.45, 2.75) is 20.3 Å². The Bertz CT molecular complexity index is 619. The summed E-state index contributed by atoms with van der Waals surface area (Å²) >= 11 is 5.84. The average molecular weight is 295 g/mol. The number of nitrogens with one attached hydrogen (secondary N) is 2. The highest BCUT2D eigenvalue weighted by molar-refractivity contribution is 6.35. The van der Waals surface area contributed by atoms with Crippen LogP contribution in [-0.4, -0.2) is 32.6 Å². The lowest BCUT2D eigenvalue weighted by Crippen LogP contribution is -2.26. The quantitative estimate of drug-likeness (QED) is 0.780. The predicted octanol–water partition coefficient (Wildman–Crippen LogP) is 1.02. The molecule has 0 saturated heterocycles. The van der Waals surface area contributed by atoms with E-state index in [4.69, 9.17) is 17.3 Å². The highest BCUT2D eigenvalue weighted by Crippen LogP contribution is 2.19. The normalized spacial score (nSPS) is 10.6. The highest BCUT2D eigenvalue weighted by Gasteiger charge is 2.15. The Labute approximate surface area is 121 Å². The number of aromatic nitrogens is 4. The van der Waals surface area contributed by atoms with Gasteiger partial charge >= 0.3 is 0 Å². The van der Waals surface area contributed by atoms with E-state index in [9.17, 15) is 4.79 Å². The number of nitrogens with two attached hydrogens (primary N) is 1. The van der Waals surface area contributed by atoms with Gasteiger partial charge < -0.3 is 11.1 Å². The largest absolute Gasteiger partial charge is 0.381 e. The molecule has 8 heteroatoms. The van der Waals surface area contributed by atoms with Crippen molar-refractivity contribution in [3.63, 3.8) is 0 Å². The monoisotopic (exact) mass is 294 g/mol. The van der Waals surface area contributed by atoms with Gasteiger partial charge in [-0.1, -0.05) is 11.6 Å². The molecule has 2 aromatic heterocycles. The molecule has 0 aromatic carbocycles. The van der Waals surface area contributed by atoms with Crippen LogP contribution in [-0.2, 0) is 6.42 Å². The minimum atomic E-state index is -0.358. The zero-order valence-corrected chi connectivity index (χ0v) is 12.0. The molecule has 2 heterocycles. The van der Waals surface area contributed by atoms with Gasteiger partial charge in [-0.05, 0) is 19.9 Å². The van der Waals surface area contributed by atoms with E-state index < -0.39 is 0 Å². The molecule has 20 heavy (non-hydrogen) atoms. The molecule has 0 spiro atoms. The van der Waals surface area contributed by atoms with Gasteiger partial charge in [0.15, 0.2) is 5.82 Å². The molecule has 2 aromatic rings. The van der Waals surface area contributed by atoms with Gasteiger partial charge in [-0.15, -0.1) is 0 Å². The zero-order valence-electron chi connectivity index (χ0n) is 11.2. The molecule has 0 fully saturated rings. The van der Waals surface area contributed by atoms with Crippen molar-refractivity contribution in [3.8, 4) is 0 Å². The van der Waals surface area contributed by atoms with E-state index in [0.29, 0.717) is 18.8 Å². The Morgan fingerprint density at radius 3 is 2.60 bits per heavy atom. The standard InChI is InChI=1S/C12H15ClN6O/c1-6-5-7(2)17-8(16-6)3-4-15-12(20)10-9(13)11(14)19-18-10/h5H,3-4H2,1-2H3,(H,15,20)(H3,14,18,19). The van der Waals surface area contributed by atoms with Gasteiger partial charge in [-0.2, -0.15) is 5.10 Å². The van der Waals surface area contributed by atoms with Crippen molar-refractivity contribution >= 4 is 23.3 Å². The highest BCUT2D eigenvalue weighted by atomic mass is 35.5. The fraction of sp³-hybridized carbons (Fsp3) is 0.333. The lowest BCUT2D eigenvalue weighted by atomic mass is 10.3. The van der Waals surface area contributed by atoms with E-state index in [1.54, 1.807) is 0 Å². The average Bonchev–Trinajstić information content (AvgIpc) is 2.69. The first kappa shape index (κ1) is 14.3. The second-order valence-electron chi connectivity index (χ2n) is 4.37. The number of halogens is 1. The van der Waals surface area contributed by atoms with E-state index in [0.717, 1.165) is 11.4 Å². The Balaban J connectivity index is 1.93. The SMILES string of the molecule is Cc1cc(C)nc(CCNC(=O)c2[nH]nc(N)c2Cl)n1.